The maximum absolute atomic E-state index is 12.8. The number of fused-ring (bicyclic) bond motifs is 3. The SMILES string of the molecule is COc1cccc2oc(C)c3c(=O)n(-c4ccc(Cl)cc4)nc-3c12. The van der Waals surface area contributed by atoms with Crippen molar-refractivity contribution in [1.82, 2.24) is 9.78 Å². The summed E-state index contributed by atoms with van der Waals surface area (Å²) in [7, 11) is 1.58. The first-order valence-electron chi connectivity index (χ1n) is 7.35. The van der Waals surface area contributed by atoms with Gasteiger partial charge in [0.2, 0.25) is 0 Å². The number of aromatic nitrogens is 2. The van der Waals surface area contributed by atoms with Gasteiger partial charge in [0.1, 0.15) is 28.4 Å². The van der Waals surface area contributed by atoms with Gasteiger partial charge in [-0.05, 0) is 43.3 Å². The molecule has 0 atom stereocenters. The van der Waals surface area contributed by atoms with Gasteiger partial charge in [-0.15, -0.1) is 0 Å². The Balaban J connectivity index is 2.12. The van der Waals surface area contributed by atoms with Crippen LogP contribution in [0, 0.1) is 6.92 Å². The zero-order chi connectivity index (χ0) is 16.8. The standard InChI is InChI=1S/C18H13ClN2O3/c1-10-15-17(16-13(23-2)4-3-5-14(16)24-10)20-21(18(15)22)12-8-6-11(19)7-9-12/h3-9H,1-2H3. The van der Waals surface area contributed by atoms with Crippen LogP contribution in [0.4, 0.5) is 0 Å². The number of hydrogen-bond acceptors (Lipinski definition) is 4. The molecule has 2 aliphatic heterocycles. The summed E-state index contributed by atoms with van der Waals surface area (Å²) >= 11 is 5.92. The molecule has 24 heavy (non-hydrogen) atoms. The van der Waals surface area contributed by atoms with Crippen LogP contribution in [0.5, 0.6) is 5.75 Å². The Morgan fingerprint density at radius 2 is 1.92 bits per heavy atom. The summed E-state index contributed by atoms with van der Waals surface area (Å²) in [6, 6.07) is 12.4. The highest BCUT2D eigenvalue weighted by Crippen LogP contribution is 2.36. The molecule has 0 saturated heterocycles. The molecule has 0 spiro atoms. The molecule has 6 heteroatoms. The number of methoxy groups -OCH3 is 1. The zero-order valence-electron chi connectivity index (χ0n) is 13.0. The fourth-order valence-corrected chi connectivity index (χ4v) is 2.99. The van der Waals surface area contributed by atoms with E-state index in [9.17, 15) is 4.79 Å². The molecule has 2 aromatic rings. The van der Waals surface area contributed by atoms with Crippen LogP contribution in [0.2, 0.25) is 5.02 Å². The lowest BCUT2D eigenvalue weighted by Gasteiger charge is -2.08. The van der Waals surface area contributed by atoms with E-state index in [2.05, 4.69) is 5.10 Å². The molecule has 0 unspecified atom stereocenters. The second kappa shape index (κ2) is 5.39. The predicted molar refractivity (Wildman–Crippen MR) is 92.5 cm³/mol. The Kier molecular flexibility index (Phi) is 3.32. The Labute approximate surface area is 142 Å². The molecule has 120 valence electrons. The van der Waals surface area contributed by atoms with Crippen molar-refractivity contribution in [3.05, 3.63) is 63.6 Å². The van der Waals surface area contributed by atoms with Gasteiger partial charge in [0.25, 0.3) is 5.56 Å². The van der Waals surface area contributed by atoms with Gasteiger partial charge in [-0.25, -0.2) is 0 Å². The Morgan fingerprint density at radius 3 is 2.62 bits per heavy atom. The van der Waals surface area contributed by atoms with Crippen LogP contribution in [-0.2, 0) is 0 Å². The van der Waals surface area contributed by atoms with E-state index in [1.165, 1.54) is 4.68 Å². The van der Waals surface area contributed by atoms with E-state index in [0.29, 0.717) is 44.4 Å². The molecule has 0 N–H and O–H groups in total. The summed E-state index contributed by atoms with van der Waals surface area (Å²) < 4.78 is 12.6. The lowest BCUT2D eigenvalue weighted by molar-refractivity contribution is 0.418. The third kappa shape index (κ3) is 2.09. The lowest BCUT2D eigenvalue weighted by atomic mass is 10.1. The van der Waals surface area contributed by atoms with Crippen molar-refractivity contribution in [3.63, 3.8) is 0 Å². The number of ether oxygens (including phenoxy) is 1. The van der Waals surface area contributed by atoms with E-state index in [-0.39, 0.29) is 5.56 Å². The van der Waals surface area contributed by atoms with Crippen molar-refractivity contribution in [2.75, 3.05) is 7.11 Å². The van der Waals surface area contributed by atoms with E-state index < -0.39 is 0 Å². The maximum atomic E-state index is 12.8. The Bertz CT molecular complexity index is 1080. The molecule has 0 aromatic heterocycles. The summed E-state index contributed by atoms with van der Waals surface area (Å²) in [5.41, 5.74) is 2.04. The molecule has 2 aromatic carbocycles. The van der Waals surface area contributed by atoms with Gasteiger partial charge in [0.05, 0.1) is 18.2 Å². The van der Waals surface area contributed by atoms with E-state index in [0.717, 1.165) is 0 Å². The summed E-state index contributed by atoms with van der Waals surface area (Å²) in [6.45, 7) is 1.76. The average Bonchev–Trinajstić information content (AvgIpc) is 2.93. The highest BCUT2D eigenvalue weighted by Gasteiger charge is 2.25. The highest BCUT2D eigenvalue weighted by atomic mass is 35.5. The minimum absolute atomic E-state index is 0.235. The van der Waals surface area contributed by atoms with Crippen LogP contribution >= 0.6 is 11.6 Å². The Hall–Kier alpha value is -2.79. The molecule has 0 saturated carbocycles. The molecular formula is C18H13ClN2O3. The van der Waals surface area contributed by atoms with Crippen LogP contribution in [0.3, 0.4) is 0 Å². The van der Waals surface area contributed by atoms with Crippen LogP contribution < -0.4 is 10.3 Å². The molecule has 5 nitrogen and oxygen atoms in total. The van der Waals surface area contributed by atoms with Crippen molar-refractivity contribution in [1.29, 1.82) is 0 Å². The van der Waals surface area contributed by atoms with Crippen LogP contribution in [0.1, 0.15) is 5.76 Å². The number of aryl methyl sites for hydroxylation is 1. The fourth-order valence-electron chi connectivity index (χ4n) is 2.87. The zero-order valence-corrected chi connectivity index (χ0v) is 13.8. The lowest BCUT2D eigenvalue weighted by Crippen LogP contribution is -2.14. The third-order valence-electron chi connectivity index (χ3n) is 3.97. The van der Waals surface area contributed by atoms with Crippen LogP contribution in [-0.4, -0.2) is 16.9 Å². The number of halogens is 1. The van der Waals surface area contributed by atoms with E-state index in [4.69, 9.17) is 20.8 Å². The number of benzene rings is 2. The van der Waals surface area contributed by atoms with Crippen LogP contribution in [0.15, 0.2) is 51.7 Å². The van der Waals surface area contributed by atoms with E-state index in [1.807, 2.05) is 18.2 Å². The number of hydrogen-bond donors (Lipinski definition) is 0. The van der Waals surface area contributed by atoms with Crippen molar-refractivity contribution >= 4 is 22.6 Å². The molecular weight excluding hydrogens is 328 g/mol. The first-order chi connectivity index (χ1) is 11.6. The average molecular weight is 341 g/mol. The predicted octanol–water partition coefficient (Wildman–Crippen LogP) is 4.05. The quantitative estimate of drug-likeness (QED) is 0.552. The van der Waals surface area contributed by atoms with Gasteiger partial charge >= 0.3 is 0 Å². The molecule has 0 bridgehead atoms. The van der Waals surface area contributed by atoms with E-state index in [1.54, 1.807) is 38.3 Å². The van der Waals surface area contributed by atoms with Crippen molar-refractivity contribution in [2.45, 2.75) is 6.92 Å². The summed E-state index contributed by atoms with van der Waals surface area (Å²) in [5, 5.41) is 5.81. The molecule has 2 heterocycles. The van der Waals surface area contributed by atoms with Crippen molar-refractivity contribution < 1.29 is 9.15 Å². The minimum Gasteiger partial charge on any atom is -0.496 e. The van der Waals surface area contributed by atoms with Gasteiger partial charge in [0.15, 0.2) is 0 Å². The monoisotopic (exact) mass is 340 g/mol. The van der Waals surface area contributed by atoms with Gasteiger partial charge in [-0.2, -0.15) is 9.78 Å². The largest absolute Gasteiger partial charge is 0.496 e. The van der Waals surface area contributed by atoms with Gasteiger partial charge < -0.3 is 9.15 Å². The second-order valence-electron chi connectivity index (χ2n) is 5.41. The van der Waals surface area contributed by atoms with Crippen molar-refractivity contribution in [2.24, 2.45) is 0 Å². The number of nitrogens with zero attached hydrogens (tertiary/aromatic N) is 2. The molecule has 2 aliphatic rings. The van der Waals surface area contributed by atoms with Crippen molar-refractivity contribution in [3.8, 4) is 22.7 Å². The smallest absolute Gasteiger partial charge is 0.284 e. The Morgan fingerprint density at radius 1 is 1.17 bits per heavy atom. The van der Waals surface area contributed by atoms with E-state index >= 15 is 0 Å². The molecule has 0 radical (unpaired) electrons. The topological polar surface area (TPSA) is 57.3 Å². The van der Waals surface area contributed by atoms with Gasteiger partial charge in [-0.3, -0.25) is 4.79 Å². The maximum Gasteiger partial charge on any atom is 0.284 e. The molecule has 0 amide bonds. The summed E-state index contributed by atoms with van der Waals surface area (Å²) in [4.78, 5) is 12.8. The molecule has 0 aliphatic carbocycles. The van der Waals surface area contributed by atoms with Crippen LogP contribution in [0.25, 0.3) is 27.9 Å². The number of rotatable bonds is 2. The molecule has 0 fully saturated rings. The third-order valence-corrected chi connectivity index (χ3v) is 4.23. The normalized spacial score (nSPS) is 11.3. The summed E-state index contributed by atoms with van der Waals surface area (Å²) in [6.07, 6.45) is 0. The highest BCUT2D eigenvalue weighted by molar-refractivity contribution is 6.30. The fraction of sp³-hybridized carbons (Fsp3) is 0.111. The second-order valence-corrected chi connectivity index (χ2v) is 5.85. The van der Waals surface area contributed by atoms with Gasteiger partial charge in [0, 0.05) is 5.02 Å². The van der Waals surface area contributed by atoms with Gasteiger partial charge in [-0.1, -0.05) is 17.7 Å². The first-order valence-corrected chi connectivity index (χ1v) is 7.73. The minimum atomic E-state index is -0.235. The summed E-state index contributed by atoms with van der Waals surface area (Å²) in [5.74, 6) is 1.14. The first kappa shape index (κ1) is 14.8. The molecule has 4 rings (SSSR count).